The second-order valence-corrected chi connectivity index (χ2v) is 12.2. The first-order valence-corrected chi connectivity index (χ1v) is 14.3. The molecular formula is C29H40BF2NO9. The fraction of sp³-hybridized carbons (Fsp3) is 0.690. The number of alkyl halides is 2. The van der Waals surface area contributed by atoms with Gasteiger partial charge in [0.05, 0.1) is 31.4 Å². The van der Waals surface area contributed by atoms with Crippen LogP contribution in [0.4, 0.5) is 13.6 Å². The molecule has 5 atom stereocenters. The normalized spacial score (nSPS) is 26.4. The minimum absolute atomic E-state index is 0.0645. The molecule has 0 radical (unpaired) electrons. The third-order valence-corrected chi connectivity index (χ3v) is 9.02. The number of para-hydroxylation sites is 1. The fourth-order valence-corrected chi connectivity index (χ4v) is 6.65. The van der Waals surface area contributed by atoms with Gasteiger partial charge in [-0.25, -0.2) is 18.4 Å². The van der Waals surface area contributed by atoms with E-state index in [-0.39, 0.29) is 48.2 Å². The number of ether oxygens (including phenoxy) is 4. The van der Waals surface area contributed by atoms with Gasteiger partial charge in [0.1, 0.15) is 11.3 Å². The molecule has 42 heavy (non-hydrogen) atoms. The molecule has 10 nitrogen and oxygen atoms in total. The van der Waals surface area contributed by atoms with E-state index in [0.717, 1.165) is 19.8 Å². The van der Waals surface area contributed by atoms with Crippen molar-refractivity contribution in [3.8, 4) is 5.75 Å². The molecule has 0 aromatic heterocycles. The highest BCUT2D eigenvalue weighted by Crippen LogP contribution is 2.65. The Bertz CT molecular complexity index is 1180. The zero-order valence-electron chi connectivity index (χ0n) is 25.0. The fourth-order valence-electron chi connectivity index (χ4n) is 6.65. The van der Waals surface area contributed by atoms with Gasteiger partial charge < -0.3 is 33.6 Å². The van der Waals surface area contributed by atoms with Crippen LogP contribution in [-0.2, 0) is 34.7 Å². The molecular weight excluding hydrogens is 555 g/mol. The molecule has 1 N–H and O–H groups in total. The summed E-state index contributed by atoms with van der Waals surface area (Å²) < 4.78 is 60.0. The number of benzene rings is 1. The number of methoxy groups -OCH3 is 1. The van der Waals surface area contributed by atoms with E-state index in [2.05, 4.69) is 23.9 Å². The van der Waals surface area contributed by atoms with E-state index in [1.54, 1.807) is 19.1 Å². The molecule has 232 valence electrons. The van der Waals surface area contributed by atoms with Crippen LogP contribution in [0.3, 0.4) is 0 Å². The number of carbonyl (C=O) groups is 3. The molecule has 4 aliphatic rings. The number of hydrogen-bond donors (Lipinski definition) is 1. The van der Waals surface area contributed by atoms with Crippen molar-refractivity contribution in [1.29, 1.82) is 0 Å². The van der Waals surface area contributed by atoms with Crippen molar-refractivity contribution in [3.63, 3.8) is 0 Å². The highest BCUT2D eigenvalue weighted by Gasteiger charge is 2.68. The number of halogens is 2. The molecule has 1 amide bonds. The molecule has 3 saturated carbocycles. The molecule has 1 aliphatic heterocycles. The highest BCUT2D eigenvalue weighted by molar-refractivity contribution is 6.48. The van der Waals surface area contributed by atoms with Crippen molar-refractivity contribution in [1.82, 2.24) is 5.32 Å². The molecule has 0 spiro atoms. The van der Waals surface area contributed by atoms with Crippen molar-refractivity contribution >= 4 is 25.2 Å². The Hall–Kier alpha value is -2.93. The molecule has 1 aromatic rings. The van der Waals surface area contributed by atoms with Gasteiger partial charge in [0.15, 0.2) is 0 Å². The number of carbonyl (C=O) groups excluding carboxylic acids is 3. The Morgan fingerprint density at radius 3 is 2.55 bits per heavy atom. The average molecular weight is 595 g/mol. The topological polar surface area (TPSA) is 119 Å². The molecule has 2 bridgehead atoms. The number of nitrogens with one attached hydrogen (secondary N) is 1. The lowest BCUT2D eigenvalue weighted by Gasteiger charge is -2.64. The van der Waals surface area contributed by atoms with Crippen LogP contribution in [0.25, 0.3) is 0 Å². The maximum absolute atomic E-state index is 13.5. The second-order valence-electron chi connectivity index (χ2n) is 12.2. The van der Waals surface area contributed by atoms with Crippen molar-refractivity contribution < 1.29 is 51.4 Å². The van der Waals surface area contributed by atoms with Crippen molar-refractivity contribution in [2.24, 2.45) is 17.3 Å². The zero-order valence-corrected chi connectivity index (χ0v) is 25.0. The van der Waals surface area contributed by atoms with Crippen LogP contribution in [0, 0.1) is 17.3 Å². The predicted molar refractivity (Wildman–Crippen MR) is 147 cm³/mol. The lowest BCUT2D eigenvalue weighted by Crippen LogP contribution is -2.65. The summed E-state index contributed by atoms with van der Waals surface area (Å²) >= 11 is 0. The van der Waals surface area contributed by atoms with Gasteiger partial charge >= 0.3 is 19.2 Å². The standard InChI is InChI=1S/C29H40BF2NO9/c1-7-38-26(36)40-16-39-25(35)19-10-8-9-17(24(19)37-6)13-22(33-23(34)11-12-28(4,31)32)30-41-21-15-18-14-20(27(18,2)3)29(21,5)42-30/h8-10,18,20-22H,7,11-16H2,1-6H3,(H,33,34). The maximum atomic E-state index is 13.5. The Morgan fingerprint density at radius 1 is 1.17 bits per heavy atom. The molecule has 1 saturated heterocycles. The molecule has 1 aromatic carbocycles. The first-order valence-electron chi connectivity index (χ1n) is 14.3. The molecule has 1 heterocycles. The van der Waals surface area contributed by atoms with Crippen LogP contribution in [0.5, 0.6) is 5.75 Å². The van der Waals surface area contributed by atoms with Crippen molar-refractivity contribution in [3.05, 3.63) is 29.3 Å². The third kappa shape index (κ3) is 6.67. The quantitative estimate of drug-likeness (QED) is 0.208. The van der Waals surface area contributed by atoms with E-state index >= 15 is 0 Å². The molecule has 4 fully saturated rings. The van der Waals surface area contributed by atoms with Crippen LogP contribution in [0.1, 0.15) is 76.2 Å². The maximum Gasteiger partial charge on any atom is 0.511 e. The minimum Gasteiger partial charge on any atom is -0.496 e. The zero-order chi connectivity index (χ0) is 30.9. The van der Waals surface area contributed by atoms with Crippen LogP contribution >= 0.6 is 0 Å². The number of rotatable bonds is 12. The molecule has 13 heteroatoms. The van der Waals surface area contributed by atoms with Crippen LogP contribution in [0.15, 0.2) is 18.2 Å². The van der Waals surface area contributed by atoms with E-state index in [1.807, 2.05) is 6.92 Å². The Morgan fingerprint density at radius 2 is 1.90 bits per heavy atom. The Balaban J connectivity index is 1.54. The summed E-state index contributed by atoms with van der Waals surface area (Å²) in [7, 11) is 0.536. The smallest absolute Gasteiger partial charge is 0.496 e. The monoisotopic (exact) mass is 595 g/mol. The number of esters is 1. The minimum atomic E-state index is -2.99. The van der Waals surface area contributed by atoms with Crippen molar-refractivity contribution in [2.75, 3.05) is 20.5 Å². The molecule has 5 unspecified atom stereocenters. The second kappa shape index (κ2) is 12.4. The van der Waals surface area contributed by atoms with Gasteiger partial charge in [0.25, 0.3) is 0 Å². The van der Waals surface area contributed by atoms with Crippen LogP contribution < -0.4 is 10.1 Å². The summed E-state index contributed by atoms with van der Waals surface area (Å²) in [5, 5.41) is 2.85. The highest BCUT2D eigenvalue weighted by atomic mass is 19.3. The summed E-state index contributed by atoms with van der Waals surface area (Å²) in [6.45, 7) is 8.35. The lowest BCUT2D eigenvalue weighted by molar-refractivity contribution is -0.199. The van der Waals surface area contributed by atoms with Gasteiger partial charge in [-0.05, 0) is 68.9 Å². The lowest BCUT2D eigenvalue weighted by atomic mass is 9.43. The van der Waals surface area contributed by atoms with E-state index in [9.17, 15) is 23.2 Å². The first-order chi connectivity index (χ1) is 19.7. The summed E-state index contributed by atoms with van der Waals surface area (Å²) in [6, 6.07) is 4.82. The Labute approximate surface area is 245 Å². The summed E-state index contributed by atoms with van der Waals surface area (Å²) in [4.78, 5) is 37.0. The summed E-state index contributed by atoms with van der Waals surface area (Å²) in [5.41, 5.74) is 0.136. The Kier molecular flexibility index (Phi) is 9.42. The van der Waals surface area contributed by atoms with Crippen LogP contribution in [0.2, 0.25) is 0 Å². The van der Waals surface area contributed by atoms with Crippen LogP contribution in [-0.4, -0.2) is 69.2 Å². The van der Waals surface area contributed by atoms with E-state index < -0.39 is 55.8 Å². The van der Waals surface area contributed by atoms with Gasteiger partial charge in [-0.3, -0.25) is 4.79 Å². The van der Waals surface area contributed by atoms with E-state index in [0.29, 0.717) is 11.5 Å². The summed E-state index contributed by atoms with van der Waals surface area (Å²) in [6.07, 6.45) is -0.139. The first kappa shape index (κ1) is 32.0. The van der Waals surface area contributed by atoms with Gasteiger partial charge in [-0.2, -0.15) is 0 Å². The van der Waals surface area contributed by atoms with Gasteiger partial charge in [-0.1, -0.05) is 26.0 Å². The molecule has 5 rings (SSSR count). The SMILES string of the molecule is CCOC(=O)OCOC(=O)c1cccc(CC(NC(=O)CCC(C)(F)F)B2OC3CC4CC(C4(C)C)C3(C)O2)c1OC. The third-order valence-electron chi connectivity index (χ3n) is 9.02. The number of amides is 1. The molecule has 3 aliphatic carbocycles. The van der Waals surface area contributed by atoms with E-state index in [4.69, 9.17) is 23.5 Å². The predicted octanol–water partition coefficient (Wildman–Crippen LogP) is 4.71. The summed E-state index contributed by atoms with van der Waals surface area (Å²) in [5.74, 6) is -4.16. The average Bonchev–Trinajstić information content (AvgIpc) is 3.28. The largest absolute Gasteiger partial charge is 0.511 e. The van der Waals surface area contributed by atoms with E-state index in [1.165, 1.54) is 13.2 Å². The van der Waals surface area contributed by atoms with Gasteiger partial charge in [-0.15, -0.1) is 0 Å². The number of hydrogen-bond acceptors (Lipinski definition) is 9. The van der Waals surface area contributed by atoms with Gasteiger partial charge in [0, 0.05) is 12.8 Å². The van der Waals surface area contributed by atoms with Gasteiger partial charge in [0.2, 0.25) is 18.6 Å². The van der Waals surface area contributed by atoms with Crippen molar-refractivity contribution in [2.45, 2.75) is 90.3 Å².